The molecule has 1 rings (SSSR count). The summed E-state index contributed by atoms with van der Waals surface area (Å²) in [6.07, 6.45) is 0.976. The van der Waals surface area contributed by atoms with Crippen molar-refractivity contribution < 1.29 is 9.13 Å². The van der Waals surface area contributed by atoms with Gasteiger partial charge in [0.25, 0.3) is 0 Å². The third-order valence-corrected chi connectivity index (χ3v) is 2.54. The summed E-state index contributed by atoms with van der Waals surface area (Å²) in [5, 5.41) is 6.41. The Labute approximate surface area is 120 Å². The summed E-state index contributed by atoms with van der Waals surface area (Å²) in [5.41, 5.74) is 0. The van der Waals surface area contributed by atoms with Crippen LogP contribution in [0.3, 0.4) is 0 Å². The standard InChI is InChI=1S/C15H24FN3O/c1-4-10-18-15(17-5-2)19-11-12(3)20-14-8-6-13(16)7-9-14/h6-9,12H,4-5,10-11H2,1-3H3,(H2,17,18,19). The summed E-state index contributed by atoms with van der Waals surface area (Å²) in [6, 6.07) is 6.02. The second-order valence-corrected chi connectivity index (χ2v) is 4.53. The monoisotopic (exact) mass is 281 g/mol. The Morgan fingerprint density at radius 1 is 1.25 bits per heavy atom. The molecule has 20 heavy (non-hydrogen) atoms. The molecule has 0 amide bonds. The van der Waals surface area contributed by atoms with Gasteiger partial charge in [0.05, 0.1) is 6.54 Å². The minimum absolute atomic E-state index is 0.0717. The average Bonchev–Trinajstić information content (AvgIpc) is 2.44. The van der Waals surface area contributed by atoms with Gasteiger partial charge >= 0.3 is 0 Å². The van der Waals surface area contributed by atoms with E-state index in [1.54, 1.807) is 12.1 Å². The number of ether oxygens (including phenoxy) is 1. The predicted octanol–water partition coefficient (Wildman–Crippen LogP) is 2.56. The van der Waals surface area contributed by atoms with E-state index in [9.17, 15) is 4.39 Å². The lowest BCUT2D eigenvalue weighted by molar-refractivity contribution is 0.230. The second-order valence-electron chi connectivity index (χ2n) is 4.53. The molecule has 1 unspecified atom stereocenters. The van der Waals surface area contributed by atoms with Crippen molar-refractivity contribution in [3.63, 3.8) is 0 Å². The van der Waals surface area contributed by atoms with Crippen LogP contribution in [-0.2, 0) is 0 Å². The van der Waals surface area contributed by atoms with E-state index in [-0.39, 0.29) is 11.9 Å². The Morgan fingerprint density at radius 2 is 1.95 bits per heavy atom. The minimum Gasteiger partial charge on any atom is -0.489 e. The zero-order valence-electron chi connectivity index (χ0n) is 12.4. The van der Waals surface area contributed by atoms with Crippen molar-refractivity contribution in [3.05, 3.63) is 30.1 Å². The Morgan fingerprint density at radius 3 is 2.55 bits per heavy atom. The van der Waals surface area contributed by atoms with Gasteiger partial charge < -0.3 is 15.4 Å². The van der Waals surface area contributed by atoms with Crippen LogP contribution >= 0.6 is 0 Å². The lowest BCUT2D eigenvalue weighted by Crippen LogP contribution is -2.38. The van der Waals surface area contributed by atoms with E-state index in [0.29, 0.717) is 12.3 Å². The van der Waals surface area contributed by atoms with Crippen LogP contribution in [0.4, 0.5) is 4.39 Å². The van der Waals surface area contributed by atoms with E-state index in [1.807, 2.05) is 13.8 Å². The minimum atomic E-state index is -0.263. The zero-order chi connectivity index (χ0) is 14.8. The van der Waals surface area contributed by atoms with Crippen LogP contribution < -0.4 is 15.4 Å². The van der Waals surface area contributed by atoms with Crippen LogP contribution in [0.2, 0.25) is 0 Å². The van der Waals surface area contributed by atoms with Crippen LogP contribution in [0.25, 0.3) is 0 Å². The first kappa shape index (κ1) is 16.3. The predicted molar refractivity (Wildman–Crippen MR) is 80.8 cm³/mol. The molecule has 112 valence electrons. The average molecular weight is 281 g/mol. The second kappa shape index (κ2) is 9.18. The summed E-state index contributed by atoms with van der Waals surface area (Å²) >= 11 is 0. The lowest BCUT2D eigenvalue weighted by Gasteiger charge is -2.15. The van der Waals surface area contributed by atoms with Gasteiger partial charge in [0.1, 0.15) is 17.7 Å². The molecule has 4 nitrogen and oxygen atoms in total. The highest BCUT2D eigenvalue weighted by molar-refractivity contribution is 5.79. The molecule has 0 radical (unpaired) electrons. The highest BCUT2D eigenvalue weighted by atomic mass is 19.1. The van der Waals surface area contributed by atoms with Gasteiger partial charge in [-0.2, -0.15) is 0 Å². The number of hydrogen-bond donors (Lipinski definition) is 2. The summed E-state index contributed by atoms with van der Waals surface area (Å²) < 4.78 is 18.5. The molecule has 0 saturated carbocycles. The zero-order valence-corrected chi connectivity index (χ0v) is 12.4. The van der Waals surface area contributed by atoms with E-state index in [0.717, 1.165) is 25.5 Å². The third kappa shape index (κ3) is 6.41. The topological polar surface area (TPSA) is 45.7 Å². The Kier molecular flexibility index (Phi) is 7.47. The normalized spacial score (nSPS) is 12.9. The van der Waals surface area contributed by atoms with Gasteiger partial charge in [-0.05, 0) is 44.5 Å². The van der Waals surface area contributed by atoms with Gasteiger partial charge in [0.15, 0.2) is 5.96 Å². The van der Waals surface area contributed by atoms with Gasteiger partial charge in [-0.25, -0.2) is 9.38 Å². The summed E-state index contributed by atoms with van der Waals surface area (Å²) in [7, 11) is 0. The van der Waals surface area contributed by atoms with E-state index in [2.05, 4.69) is 22.5 Å². The molecule has 0 bridgehead atoms. The van der Waals surface area contributed by atoms with Gasteiger partial charge in [0, 0.05) is 13.1 Å². The maximum absolute atomic E-state index is 12.8. The third-order valence-electron chi connectivity index (χ3n) is 2.54. The highest BCUT2D eigenvalue weighted by Gasteiger charge is 2.04. The van der Waals surface area contributed by atoms with Crippen LogP contribution in [0, 0.1) is 5.82 Å². The molecule has 2 N–H and O–H groups in total. The molecule has 5 heteroatoms. The van der Waals surface area contributed by atoms with Gasteiger partial charge in [-0.15, -0.1) is 0 Å². The molecular formula is C15H24FN3O. The van der Waals surface area contributed by atoms with E-state index in [1.165, 1.54) is 12.1 Å². The van der Waals surface area contributed by atoms with Crippen molar-refractivity contribution in [2.75, 3.05) is 19.6 Å². The maximum atomic E-state index is 12.8. The number of halogens is 1. The van der Waals surface area contributed by atoms with Crippen molar-refractivity contribution >= 4 is 5.96 Å². The van der Waals surface area contributed by atoms with E-state index >= 15 is 0 Å². The Bertz CT molecular complexity index is 406. The molecule has 0 aromatic heterocycles. The molecule has 0 fully saturated rings. The van der Waals surface area contributed by atoms with Crippen LogP contribution in [0.1, 0.15) is 27.2 Å². The molecule has 1 aromatic carbocycles. The molecule has 0 aliphatic carbocycles. The maximum Gasteiger partial charge on any atom is 0.191 e. The van der Waals surface area contributed by atoms with Crippen molar-refractivity contribution in [2.45, 2.75) is 33.3 Å². The number of guanidine groups is 1. The fourth-order valence-electron chi connectivity index (χ4n) is 1.59. The number of rotatable bonds is 7. The van der Waals surface area contributed by atoms with Crippen molar-refractivity contribution in [2.24, 2.45) is 4.99 Å². The fourth-order valence-corrected chi connectivity index (χ4v) is 1.59. The molecule has 0 saturated heterocycles. The Hall–Kier alpha value is -1.78. The summed E-state index contributed by atoms with van der Waals surface area (Å²) in [5.74, 6) is 1.19. The first-order chi connectivity index (χ1) is 9.65. The fraction of sp³-hybridized carbons (Fsp3) is 0.533. The molecule has 0 aliphatic rings. The molecular weight excluding hydrogens is 257 g/mol. The number of hydrogen-bond acceptors (Lipinski definition) is 2. The van der Waals surface area contributed by atoms with Crippen LogP contribution in [0.15, 0.2) is 29.3 Å². The number of aliphatic imine (C=N–C) groups is 1. The molecule has 0 spiro atoms. The summed E-state index contributed by atoms with van der Waals surface area (Å²) in [6.45, 7) is 8.33. The van der Waals surface area contributed by atoms with Crippen molar-refractivity contribution in [1.29, 1.82) is 0 Å². The first-order valence-corrected chi connectivity index (χ1v) is 7.10. The first-order valence-electron chi connectivity index (χ1n) is 7.10. The van der Waals surface area contributed by atoms with Crippen LogP contribution in [-0.4, -0.2) is 31.7 Å². The number of nitrogens with one attached hydrogen (secondary N) is 2. The molecule has 0 heterocycles. The molecule has 0 aliphatic heterocycles. The van der Waals surface area contributed by atoms with E-state index in [4.69, 9.17) is 4.74 Å². The van der Waals surface area contributed by atoms with Gasteiger partial charge in [-0.3, -0.25) is 0 Å². The molecule has 1 aromatic rings. The smallest absolute Gasteiger partial charge is 0.191 e. The SMILES string of the molecule is CCCNC(=NCC(C)Oc1ccc(F)cc1)NCC. The summed E-state index contributed by atoms with van der Waals surface area (Å²) in [4.78, 5) is 4.46. The van der Waals surface area contributed by atoms with Crippen LogP contribution in [0.5, 0.6) is 5.75 Å². The molecule has 1 atom stereocenters. The largest absolute Gasteiger partial charge is 0.489 e. The lowest BCUT2D eigenvalue weighted by atomic mass is 10.3. The highest BCUT2D eigenvalue weighted by Crippen LogP contribution is 2.12. The van der Waals surface area contributed by atoms with Gasteiger partial charge in [-0.1, -0.05) is 6.92 Å². The van der Waals surface area contributed by atoms with Crippen molar-refractivity contribution in [3.8, 4) is 5.75 Å². The number of nitrogens with zero attached hydrogens (tertiary/aromatic N) is 1. The van der Waals surface area contributed by atoms with Crippen molar-refractivity contribution in [1.82, 2.24) is 10.6 Å². The number of benzene rings is 1. The van der Waals surface area contributed by atoms with Gasteiger partial charge in [0.2, 0.25) is 0 Å². The Balaban J connectivity index is 2.46. The van der Waals surface area contributed by atoms with E-state index < -0.39 is 0 Å². The quantitative estimate of drug-likeness (QED) is 0.596.